The molecule has 3 N–H and O–H groups in total. The van der Waals surface area contributed by atoms with Crippen molar-refractivity contribution in [1.82, 2.24) is 0 Å². The SMILES string of the molecule is CC=CC=CC(N)O. The van der Waals surface area contributed by atoms with Gasteiger partial charge in [0.1, 0.15) is 6.23 Å². The predicted molar refractivity (Wildman–Crippen MR) is 34.1 cm³/mol. The Kier molecular flexibility index (Phi) is 4.21. The van der Waals surface area contributed by atoms with E-state index in [9.17, 15) is 0 Å². The zero-order chi connectivity index (χ0) is 6.41. The van der Waals surface area contributed by atoms with E-state index in [0.29, 0.717) is 0 Å². The maximum atomic E-state index is 8.44. The van der Waals surface area contributed by atoms with Crippen LogP contribution in [0, 0.1) is 0 Å². The first-order valence-electron chi connectivity index (χ1n) is 2.50. The first kappa shape index (κ1) is 7.40. The number of hydrogen-bond acceptors (Lipinski definition) is 2. The van der Waals surface area contributed by atoms with E-state index < -0.39 is 6.23 Å². The number of aliphatic hydroxyl groups is 1. The molecule has 0 aromatic heterocycles. The highest BCUT2D eigenvalue weighted by Crippen LogP contribution is 1.77. The summed E-state index contributed by atoms with van der Waals surface area (Å²) >= 11 is 0. The van der Waals surface area contributed by atoms with Gasteiger partial charge in [0.15, 0.2) is 0 Å². The lowest BCUT2D eigenvalue weighted by atomic mass is 10.4. The summed E-state index contributed by atoms with van der Waals surface area (Å²) in [6, 6.07) is 0. The molecule has 0 fully saturated rings. The molecule has 0 amide bonds. The molecular weight excluding hydrogens is 102 g/mol. The van der Waals surface area contributed by atoms with E-state index in [1.807, 2.05) is 13.0 Å². The Hall–Kier alpha value is -0.600. The number of rotatable bonds is 2. The van der Waals surface area contributed by atoms with Crippen LogP contribution in [-0.2, 0) is 0 Å². The normalized spacial score (nSPS) is 15.9. The zero-order valence-corrected chi connectivity index (χ0v) is 4.91. The molecule has 0 saturated carbocycles. The summed E-state index contributed by atoms with van der Waals surface area (Å²) in [7, 11) is 0. The van der Waals surface area contributed by atoms with Gasteiger partial charge in [-0.3, -0.25) is 0 Å². The number of hydrogen-bond donors (Lipinski definition) is 2. The summed E-state index contributed by atoms with van der Waals surface area (Å²) in [5, 5.41) is 8.44. The van der Waals surface area contributed by atoms with E-state index in [4.69, 9.17) is 10.8 Å². The zero-order valence-electron chi connectivity index (χ0n) is 4.91. The maximum Gasteiger partial charge on any atom is 0.121 e. The number of nitrogens with two attached hydrogens (primary N) is 1. The molecule has 0 saturated heterocycles. The van der Waals surface area contributed by atoms with Crippen LogP contribution in [0.4, 0.5) is 0 Å². The van der Waals surface area contributed by atoms with E-state index in [2.05, 4.69) is 0 Å². The van der Waals surface area contributed by atoms with Crippen molar-refractivity contribution in [2.75, 3.05) is 0 Å². The van der Waals surface area contributed by atoms with Gasteiger partial charge >= 0.3 is 0 Å². The fraction of sp³-hybridized carbons (Fsp3) is 0.333. The van der Waals surface area contributed by atoms with Gasteiger partial charge in [-0.05, 0) is 13.0 Å². The molecule has 0 aromatic carbocycles. The third-order valence-electron chi connectivity index (χ3n) is 0.612. The molecule has 2 nitrogen and oxygen atoms in total. The van der Waals surface area contributed by atoms with Gasteiger partial charge in [0.25, 0.3) is 0 Å². The molecule has 0 rings (SSSR count). The third-order valence-corrected chi connectivity index (χ3v) is 0.612. The molecule has 1 atom stereocenters. The van der Waals surface area contributed by atoms with E-state index in [1.54, 1.807) is 12.2 Å². The summed E-state index contributed by atoms with van der Waals surface area (Å²) in [5.74, 6) is 0. The van der Waals surface area contributed by atoms with Gasteiger partial charge in [-0.1, -0.05) is 18.2 Å². The lowest BCUT2D eigenvalue weighted by Gasteiger charge is -1.89. The Labute approximate surface area is 49.3 Å². The van der Waals surface area contributed by atoms with Crippen LogP contribution in [0.1, 0.15) is 6.92 Å². The lowest BCUT2D eigenvalue weighted by Crippen LogP contribution is -2.14. The second kappa shape index (κ2) is 4.56. The van der Waals surface area contributed by atoms with E-state index in [-0.39, 0.29) is 0 Å². The molecule has 46 valence electrons. The summed E-state index contributed by atoms with van der Waals surface area (Å²) < 4.78 is 0. The van der Waals surface area contributed by atoms with Crippen molar-refractivity contribution in [3.05, 3.63) is 24.3 Å². The minimum absolute atomic E-state index is 0.828. The molecule has 0 aliphatic carbocycles. The summed E-state index contributed by atoms with van der Waals surface area (Å²) in [6.07, 6.45) is 6.03. The van der Waals surface area contributed by atoms with Gasteiger partial charge in [0.05, 0.1) is 0 Å². The molecular formula is C6H11NO. The smallest absolute Gasteiger partial charge is 0.121 e. The average molecular weight is 113 g/mol. The highest BCUT2D eigenvalue weighted by Gasteiger charge is 1.78. The largest absolute Gasteiger partial charge is 0.375 e. The minimum Gasteiger partial charge on any atom is -0.375 e. The van der Waals surface area contributed by atoms with Crippen molar-refractivity contribution in [3.63, 3.8) is 0 Å². The Morgan fingerprint density at radius 1 is 1.50 bits per heavy atom. The molecule has 0 radical (unpaired) electrons. The molecule has 0 aliphatic heterocycles. The van der Waals surface area contributed by atoms with Crippen molar-refractivity contribution >= 4 is 0 Å². The summed E-state index contributed by atoms with van der Waals surface area (Å²) in [6.45, 7) is 1.90. The van der Waals surface area contributed by atoms with Gasteiger partial charge in [-0.15, -0.1) is 0 Å². The summed E-state index contributed by atoms with van der Waals surface area (Å²) in [5.41, 5.74) is 4.97. The van der Waals surface area contributed by atoms with Crippen LogP contribution >= 0.6 is 0 Å². The van der Waals surface area contributed by atoms with Crippen molar-refractivity contribution in [2.45, 2.75) is 13.2 Å². The molecule has 0 aliphatic rings. The molecule has 0 spiro atoms. The molecule has 8 heavy (non-hydrogen) atoms. The van der Waals surface area contributed by atoms with E-state index in [0.717, 1.165) is 0 Å². The minimum atomic E-state index is -0.828. The van der Waals surface area contributed by atoms with Gasteiger partial charge in [0, 0.05) is 0 Å². The molecule has 0 bridgehead atoms. The monoisotopic (exact) mass is 113 g/mol. The molecule has 1 unspecified atom stereocenters. The topological polar surface area (TPSA) is 46.2 Å². The van der Waals surface area contributed by atoms with Gasteiger partial charge in [-0.2, -0.15) is 0 Å². The van der Waals surface area contributed by atoms with Crippen LogP contribution in [0.25, 0.3) is 0 Å². The van der Waals surface area contributed by atoms with Crippen LogP contribution in [0.2, 0.25) is 0 Å². The Morgan fingerprint density at radius 2 is 2.12 bits per heavy atom. The highest BCUT2D eigenvalue weighted by molar-refractivity contribution is 5.02. The third kappa shape index (κ3) is 5.40. The van der Waals surface area contributed by atoms with Gasteiger partial charge < -0.3 is 10.8 Å². The van der Waals surface area contributed by atoms with Crippen LogP contribution < -0.4 is 5.73 Å². The molecule has 0 heterocycles. The number of aliphatic hydroxyl groups excluding tert-OH is 1. The fourth-order valence-corrected chi connectivity index (χ4v) is 0.289. The van der Waals surface area contributed by atoms with Crippen LogP contribution in [0.5, 0.6) is 0 Å². The molecule has 2 heteroatoms. The van der Waals surface area contributed by atoms with Crippen LogP contribution in [-0.4, -0.2) is 11.3 Å². The molecule has 0 aromatic rings. The standard InChI is InChI=1S/C6H11NO/c1-2-3-4-5-6(7)8/h2-6,8H,7H2,1H3. The van der Waals surface area contributed by atoms with Crippen molar-refractivity contribution < 1.29 is 5.11 Å². The second-order valence-corrected chi connectivity index (χ2v) is 1.40. The Bertz CT molecular complexity index is 94.7. The van der Waals surface area contributed by atoms with Gasteiger partial charge in [0.2, 0.25) is 0 Å². The maximum absolute atomic E-state index is 8.44. The van der Waals surface area contributed by atoms with Crippen molar-refractivity contribution in [2.24, 2.45) is 5.73 Å². The number of allylic oxidation sites excluding steroid dienone is 3. The van der Waals surface area contributed by atoms with Crippen LogP contribution in [0.15, 0.2) is 24.3 Å². The highest BCUT2D eigenvalue weighted by atomic mass is 16.3. The lowest BCUT2D eigenvalue weighted by molar-refractivity contribution is 0.232. The van der Waals surface area contributed by atoms with Crippen molar-refractivity contribution in [1.29, 1.82) is 0 Å². The average Bonchev–Trinajstić information content (AvgIpc) is 1.66. The van der Waals surface area contributed by atoms with E-state index >= 15 is 0 Å². The quantitative estimate of drug-likeness (QED) is 0.402. The predicted octanol–water partition coefficient (Wildman–Crippen LogP) is 0.396. The summed E-state index contributed by atoms with van der Waals surface area (Å²) in [4.78, 5) is 0. The van der Waals surface area contributed by atoms with Crippen LogP contribution in [0.3, 0.4) is 0 Å². The Balaban J connectivity index is 3.34. The van der Waals surface area contributed by atoms with E-state index in [1.165, 1.54) is 6.08 Å². The Morgan fingerprint density at radius 3 is 2.50 bits per heavy atom. The van der Waals surface area contributed by atoms with Crippen molar-refractivity contribution in [3.8, 4) is 0 Å². The fourth-order valence-electron chi connectivity index (χ4n) is 0.289. The first-order valence-corrected chi connectivity index (χ1v) is 2.50. The second-order valence-electron chi connectivity index (χ2n) is 1.40. The first-order chi connectivity index (χ1) is 3.77. The van der Waals surface area contributed by atoms with Gasteiger partial charge in [-0.25, -0.2) is 0 Å².